The number of aliphatic hydroxyl groups is 5. The molecule has 0 radical (unpaired) electrons. The zero-order valence-electron chi connectivity index (χ0n) is 43.1. The van der Waals surface area contributed by atoms with E-state index in [-0.39, 0.29) is 37.4 Å². The Kier molecular flexibility index (Phi) is 15.9. The van der Waals surface area contributed by atoms with Crippen molar-refractivity contribution in [3.05, 3.63) is 41.5 Å². The lowest BCUT2D eigenvalue weighted by atomic mass is 9.42. The second-order valence-corrected chi connectivity index (χ2v) is 21.6. The first-order chi connectivity index (χ1) is 33.5. The van der Waals surface area contributed by atoms with E-state index in [1.165, 1.54) is 14.0 Å². The fourth-order valence-electron chi connectivity index (χ4n) is 14.0. The fraction of sp³-hybridized carbons (Fsp3) is 0.808. The molecule has 6 N–H and O–H groups in total. The van der Waals surface area contributed by atoms with Gasteiger partial charge < -0.3 is 83.0 Å². The van der Waals surface area contributed by atoms with Crippen LogP contribution in [-0.2, 0) is 56.9 Å². The maximum absolute atomic E-state index is 13.6. The van der Waals surface area contributed by atoms with E-state index < -0.39 is 138 Å². The number of benzene rings is 1. The van der Waals surface area contributed by atoms with Crippen LogP contribution in [0.15, 0.2) is 35.9 Å². The summed E-state index contributed by atoms with van der Waals surface area (Å²) in [6.07, 6.45) is -7.16. The number of hydrogen-bond acceptors (Lipinski definition) is 19. The van der Waals surface area contributed by atoms with Crippen LogP contribution in [0.1, 0.15) is 117 Å². The number of nitrogens with one attached hydrogen (secondary N) is 1. The standard InChI is InChI=1S/C52H79NO18/c1-26-41(55)45(63-11)42(56)47(66-26)71-44-28(3)65-40(24-36(44)62-10)70-43-27(2)64-39(23-35(43)61-9)69-32-17-18-48(6)31(22-32)16-19-51(59)37(48)25-38(68-30(5)54)49(7)50(58,20-21-52(49,51)60)29(4)67-46(57)33-14-12-13-15-34(33)53-8/h12-16,26-29,32,35-45,47,53,55-56,58-60H,17-25H2,1-11H3/t26-,27-,28-,29+,32+,35+,36-,37-,38-,39+,40+,41-,42-,43-,44-,45+,47+,48+,49-,50+,51+,52-/m1/s1. The van der Waals surface area contributed by atoms with Gasteiger partial charge in [0.05, 0.1) is 47.6 Å². The molecular formula is C52H79NO18. The molecule has 1 aromatic carbocycles. The number of esters is 2. The van der Waals surface area contributed by atoms with Crippen LogP contribution in [0.25, 0.3) is 0 Å². The molecule has 6 fully saturated rings. The number of fused-ring (bicyclic) bond motifs is 5. The van der Waals surface area contributed by atoms with Crippen LogP contribution in [0.4, 0.5) is 5.69 Å². The van der Waals surface area contributed by atoms with Gasteiger partial charge >= 0.3 is 11.9 Å². The zero-order valence-corrected chi connectivity index (χ0v) is 43.1. The van der Waals surface area contributed by atoms with E-state index in [1.54, 1.807) is 66.3 Å². The lowest BCUT2D eigenvalue weighted by Crippen LogP contribution is -2.78. The quantitative estimate of drug-likeness (QED) is 0.115. The lowest BCUT2D eigenvalue weighted by molar-refractivity contribution is -0.352. The van der Waals surface area contributed by atoms with Crippen LogP contribution >= 0.6 is 0 Å². The zero-order chi connectivity index (χ0) is 51.6. The van der Waals surface area contributed by atoms with Crippen molar-refractivity contribution in [3.63, 3.8) is 0 Å². The molecule has 3 heterocycles. The predicted octanol–water partition coefficient (Wildman–Crippen LogP) is 3.68. The molecule has 0 unspecified atom stereocenters. The molecule has 0 aromatic heterocycles. The van der Waals surface area contributed by atoms with Gasteiger partial charge in [0.2, 0.25) is 0 Å². The number of carbonyl (C=O) groups excluding carboxylic acids is 2. The highest BCUT2D eigenvalue weighted by Crippen LogP contribution is 2.71. The average Bonchev–Trinajstić information content (AvgIpc) is 3.57. The van der Waals surface area contributed by atoms with Crippen molar-refractivity contribution >= 4 is 17.6 Å². The van der Waals surface area contributed by atoms with E-state index in [0.29, 0.717) is 37.8 Å². The highest BCUT2D eigenvalue weighted by molar-refractivity contribution is 5.95. The van der Waals surface area contributed by atoms with Gasteiger partial charge in [0, 0.05) is 59.7 Å². The smallest absolute Gasteiger partial charge is 0.340 e. The topological polar surface area (TPSA) is 249 Å². The first-order valence-corrected chi connectivity index (χ1v) is 25.4. The maximum Gasteiger partial charge on any atom is 0.340 e. The summed E-state index contributed by atoms with van der Waals surface area (Å²) in [5.74, 6) is -1.83. The van der Waals surface area contributed by atoms with Gasteiger partial charge in [-0.1, -0.05) is 37.6 Å². The molecule has 22 atom stereocenters. The van der Waals surface area contributed by atoms with E-state index in [0.717, 1.165) is 5.57 Å². The van der Waals surface area contributed by atoms with Gasteiger partial charge in [0.15, 0.2) is 18.9 Å². The minimum absolute atomic E-state index is 0.0212. The van der Waals surface area contributed by atoms with Crippen molar-refractivity contribution in [2.24, 2.45) is 16.7 Å². The molecule has 4 aliphatic carbocycles. The molecule has 3 aliphatic heterocycles. The van der Waals surface area contributed by atoms with E-state index >= 15 is 0 Å². The minimum Gasteiger partial charge on any atom is -0.462 e. The second-order valence-electron chi connectivity index (χ2n) is 21.6. The molecule has 7 aliphatic rings. The van der Waals surface area contributed by atoms with E-state index in [4.69, 9.17) is 52.1 Å². The fourth-order valence-corrected chi connectivity index (χ4v) is 14.0. The molecule has 19 heteroatoms. The number of hydrogen-bond donors (Lipinski definition) is 6. The molecule has 0 amide bonds. The van der Waals surface area contributed by atoms with Crippen LogP contribution in [0, 0.1) is 16.7 Å². The van der Waals surface area contributed by atoms with Gasteiger partial charge in [0.25, 0.3) is 0 Å². The third-order valence-corrected chi connectivity index (χ3v) is 18.1. The Balaban J connectivity index is 0.924. The summed E-state index contributed by atoms with van der Waals surface area (Å²) in [6.45, 7) is 12.1. The molecule has 3 saturated carbocycles. The van der Waals surface area contributed by atoms with E-state index in [9.17, 15) is 35.1 Å². The van der Waals surface area contributed by atoms with E-state index in [2.05, 4.69) is 12.2 Å². The summed E-state index contributed by atoms with van der Waals surface area (Å²) in [5.41, 5.74) is -5.97. The normalized spacial score (nSPS) is 47.0. The first kappa shape index (κ1) is 54.4. The second kappa shape index (κ2) is 20.7. The largest absolute Gasteiger partial charge is 0.462 e. The van der Waals surface area contributed by atoms with Crippen LogP contribution in [0.2, 0.25) is 0 Å². The molecule has 8 rings (SSSR count). The molecule has 400 valence electrons. The number of aliphatic hydroxyl groups excluding tert-OH is 2. The Hall–Kier alpha value is -2.86. The predicted molar refractivity (Wildman–Crippen MR) is 253 cm³/mol. The number of para-hydroxylation sites is 1. The minimum atomic E-state index is -1.95. The Bertz CT molecular complexity index is 2100. The summed E-state index contributed by atoms with van der Waals surface area (Å²) in [7, 11) is 6.30. The van der Waals surface area contributed by atoms with Crippen molar-refractivity contribution < 1.29 is 87.2 Å². The summed E-state index contributed by atoms with van der Waals surface area (Å²) in [6, 6.07) is 6.87. The molecule has 0 bridgehead atoms. The Morgan fingerprint density at radius 1 is 0.789 bits per heavy atom. The van der Waals surface area contributed by atoms with Gasteiger partial charge in [-0.25, -0.2) is 4.79 Å². The number of carbonyl (C=O) groups is 2. The summed E-state index contributed by atoms with van der Waals surface area (Å²) in [4.78, 5) is 26.5. The van der Waals surface area contributed by atoms with Crippen LogP contribution in [0.5, 0.6) is 0 Å². The summed E-state index contributed by atoms with van der Waals surface area (Å²) in [5, 5.41) is 63.4. The SMILES string of the molecule is CNc1ccccc1C(=O)O[C@@H](C)[C@@]1(O)CC[C@@]2(O)[C@]1(C)[C@H](OC(C)=O)C[C@@H]1[C@@]3(C)CC[C@H](O[C@H]4C[C@H](OC)[C@H](O[C@H]5C[C@@H](OC)[C@H](O[C@@H]6O[C@H](C)[C@@H](O)[C@H](OC)[C@H]6O)[C@@H](C)O5)[C@@H](C)O4)CC3=CC[C@]12O. The molecule has 19 nitrogen and oxygen atoms in total. The monoisotopic (exact) mass is 1010 g/mol. The van der Waals surface area contributed by atoms with Gasteiger partial charge in [0.1, 0.15) is 59.5 Å². The Labute approximate surface area is 417 Å². The molecule has 3 saturated heterocycles. The van der Waals surface area contributed by atoms with Gasteiger partial charge in [-0.2, -0.15) is 0 Å². The number of ether oxygens (including phenoxy) is 11. The maximum atomic E-state index is 13.6. The summed E-state index contributed by atoms with van der Waals surface area (Å²) >= 11 is 0. The van der Waals surface area contributed by atoms with Crippen molar-refractivity contribution in [1.82, 2.24) is 0 Å². The van der Waals surface area contributed by atoms with Crippen molar-refractivity contribution in [3.8, 4) is 0 Å². The van der Waals surface area contributed by atoms with Gasteiger partial charge in [-0.15, -0.1) is 0 Å². The van der Waals surface area contributed by atoms with Crippen molar-refractivity contribution in [2.45, 2.75) is 221 Å². The first-order valence-electron chi connectivity index (χ1n) is 25.4. The van der Waals surface area contributed by atoms with Crippen LogP contribution in [0.3, 0.4) is 0 Å². The highest BCUT2D eigenvalue weighted by Gasteiger charge is 2.81. The third-order valence-electron chi connectivity index (χ3n) is 18.1. The van der Waals surface area contributed by atoms with Gasteiger partial charge in [-0.05, 0) is 90.2 Å². The number of anilines is 1. The van der Waals surface area contributed by atoms with Crippen molar-refractivity contribution in [1.29, 1.82) is 0 Å². The van der Waals surface area contributed by atoms with E-state index in [1.807, 2.05) is 19.9 Å². The van der Waals surface area contributed by atoms with Crippen LogP contribution in [-0.4, -0.2) is 181 Å². The molecule has 1 aromatic rings. The summed E-state index contributed by atoms with van der Waals surface area (Å²) < 4.78 is 67.5. The van der Waals surface area contributed by atoms with Crippen molar-refractivity contribution in [2.75, 3.05) is 33.7 Å². The van der Waals surface area contributed by atoms with Gasteiger partial charge in [-0.3, -0.25) is 4.79 Å². The Morgan fingerprint density at radius 2 is 1.42 bits per heavy atom. The number of rotatable bonds is 14. The Morgan fingerprint density at radius 3 is 2.04 bits per heavy atom. The number of methoxy groups -OCH3 is 3. The highest BCUT2D eigenvalue weighted by atomic mass is 16.8. The third kappa shape index (κ3) is 9.18. The molecule has 0 spiro atoms. The lowest BCUT2D eigenvalue weighted by Gasteiger charge is -2.67. The molecule has 71 heavy (non-hydrogen) atoms. The van der Waals surface area contributed by atoms with Crippen LogP contribution < -0.4 is 5.32 Å². The average molecular weight is 1010 g/mol. The molecular weight excluding hydrogens is 927 g/mol.